The molecule has 4 unspecified atom stereocenters. The fraction of sp³-hybridized carbons (Fsp3) is 1.00. The minimum absolute atomic E-state index is 0.195. The van der Waals surface area contributed by atoms with E-state index >= 15 is 0 Å². The fourth-order valence-corrected chi connectivity index (χ4v) is 3.55. The lowest BCUT2D eigenvalue weighted by Crippen LogP contribution is -2.41. The molecular weight excluding hydrogens is 176 g/mol. The van der Waals surface area contributed by atoms with Crippen molar-refractivity contribution in [3.05, 3.63) is 0 Å². The van der Waals surface area contributed by atoms with Crippen molar-refractivity contribution in [3.8, 4) is 0 Å². The summed E-state index contributed by atoms with van der Waals surface area (Å²) in [6, 6.07) is 0. The predicted molar refractivity (Wildman–Crippen MR) is 63.3 cm³/mol. The van der Waals surface area contributed by atoms with E-state index in [1.807, 2.05) is 0 Å². The van der Waals surface area contributed by atoms with Gasteiger partial charge in [-0.3, -0.25) is 0 Å². The highest BCUT2D eigenvalue weighted by atomic mass is 32.1. The minimum Gasteiger partial charge on any atom is -0.172 e. The van der Waals surface area contributed by atoms with Gasteiger partial charge in [0.25, 0.3) is 0 Å². The molecule has 4 atom stereocenters. The average molecular weight is 200 g/mol. The van der Waals surface area contributed by atoms with Crippen LogP contribution in [0.15, 0.2) is 0 Å². The van der Waals surface area contributed by atoms with E-state index in [2.05, 4.69) is 41.5 Å². The summed E-state index contributed by atoms with van der Waals surface area (Å²) in [5, 5.41) is 0. The molecule has 1 aliphatic carbocycles. The number of rotatable bonds is 1. The van der Waals surface area contributed by atoms with E-state index < -0.39 is 0 Å². The lowest BCUT2D eigenvalue weighted by molar-refractivity contribution is 0.172. The Morgan fingerprint density at radius 3 is 1.85 bits per heavy atom. The zero-order valence-corrected chi connectivity index (χ0v) is 10.8. The van der Waals surface area contributed by atoms with Gasteiger partial charge < -0.3 is 0 Å². The molecule has 0 aromatic carbocycles. The summed E-state index contributed by atoms with van der Waals surface area (Å²) in [4.78, 5) is 0. The van der Waals surface area contributed by atoms with Gasteiger partial charge in [-0.05, 0) is 36.5 Å². The third-order valence-electron chi connectivity index (χ3n) is 4.92. The molecule has 1 heteroatoms. The van der Waals surface area contributed by atoms with Gasteiger partial charge >= 0.3 is 0 Å². The monoisotopic (exact) mass is 200 g/mol. The topological polar surface area (TPSA) is 0 Å². The number of hydrogen-bond donors (Lipinski definition) is 1. The Kier molecular flexibility index (Phi) is 2.80. The molecular formula is C12H24S. The van der Waals surface area contributed by atoms with E-state index in [1.165, 1.54) is 6.42 Å². The molecule has 0 aliphatic heterocycles. The van der Waals surface area contributed by atoms with Gasteiger partial charge in [0.1, 0.15) is 0 Å². The van der Waals surface area contributed by atoms with Gasteiger partial charge in [0.2, 0.25) is 0 Å². The quantitative estimate of drug-likeness (QED) is 0.607. The first-order valence-electron chi connectivity index (χ1n) is 5.46. The van der Waals surface area contributed by atoms with Crippen molar-refractivity contribution in [3.63, 3.8) is 0 Å². The summed E-state index contributed by atoms with van der Waals surface area (Å²) in [6.07, 6.45) is 1.33. The highest BCUT2D eigenvalue weighted by molar-refractivity contribution is 7.81. The van der Waals surface area contributed by atoms with Gasteiger partial charge in [-0.2, -0.15) is 12.6 Å². The van der Waals surface area contributed by atoms with Crippen molar-refractivity contribution in [2.24, 2.45) is 23.2 Å². The average Bonchev–Trinajstić information content (AvgIpc) is 2.14. The molecule has 0 amide bonds. The third-order valence-corrected chi connectivity index (χ3v) is 5.83. The molecule has 0 saturated heterocycles. The molecule has 1 saturated carbocycles. The van der Waals surface area contributed by atoms with Gasteiger partial charge in [-0.1, -0.05) is 34.6 Å². The second-order valence-corrected chi connectivity index (χ2v) is 6.62. The van der Waals surface area contributed by atoms with Crippen LogP contribution >= 0.6 is 12.6 Å². The Hall–Kier alpha value is 0.350. The van der Waals surface area contributed by atoms with Crippen LogP contribution in [0.3, 0.4) is 0 Å². The minimum atomic E-state index is 0.195. The van der Waals surface area contributed by atoms with E-state index in [0.29, 0.717) is 5.41 Å². The normalized spacial score (nSPS) is 51.7. The molecule has 0 bridgehead atoms. The van der Waals surface area contributed by atoms with Gasteiger partial charge in [-0.15, -0.1) is 0 Å². The highest BCUT2D eigenvalue weighted by Gasteiger charge is 2.54. The zero-order valence-electron chi connectivity index (χ0n) is 9.89. The van der Waals surface area contributed by atoms with Crippen molar-refractivity contribution < 1.29 is 0 Å². The maximum Gasteiger partial charge on any atom is 0.0186 e. The molecule has 0 heterocycles. The summed E-state index contributed by atoms with van der Waals surface area (Å²) in [6.45, 7) is 14.1. The smallest absolute Gasteiger partial charge is 0.0186 e. The maximum atomic E-state index is 4.92. The fourth-order valence-electron chi connectivity index (χ4n) is 2.95. The maximum absolute atomic E-state index is 4.92. The molecule has 0 spiro atoms. The summed E-state index contributed by atoms with van der Waals surface area (Å²) < 4.78 is 0.195. The molecule has 0 N–H and O–H groups in total. The van der Waals surface area contributed by atoms with Crippen LogP contribution in [0.4, 0.5) is 0 Å². The van der Waals surface area contributed by atoms with Crippen LogP contribution in [0, 0.1) is 23.2 Å². The Bertz CT molecular complexity index is 195. The first kappa shape index (κ1) is 11.4. The van der Waals surface area contributed by atoms with Crippen LogP contribution in [0.25, 0.3) is 0 Å². The molecule has 0 nitrogen and oxygen atoms in total. The van der Waals surface area contributed by atoms with Crippen molar-refractivity contribution in [2.75, 3.05) is 0 Å². The largest absolute Gasteiger partial charge is 0.172 e. The van der Waals surface area contributed by atoms with Crippen molar-refractivity contribution >= 4 is 12.6 Å². The van der Waals surface area contributed by atoms with Crippen molar-refractivity contribution in [1.82, 2.24) is 0 Å². The summed E-state index contributed by atoms with van der Waals surface area (Å²) in [5.74, 6) is 2.26. The van der Waals surface area contributed by atoms with Gasteiger partial charge in [0.15, 0.2) is 0 Å². The lowest BCUT2D eigenvalue weighted by Gasteiger charge is -2.43. The Morgan fingerprint density at radius 2 is 1.69 bits per heavy atom. The molecule has 78 valence electrons. The van der Waals surface area contributed by atoms with E-state index in [4.69, 9.17) is 12.6 Å². The van der Waals surface area contributed by atoms with E-state index in [9.17, 15) is 0 Å². The summed E-state index contributed by atoms with van der Waals surface area (Å²) in [5.41, 5.74) is 0.398. The van der Waals surface area contributed by atoms with Crippen LogP contribution in [0.2, 0.25) is 0 Å². The van der Waals surface area contributed by atoms with Gasteiger partial charge in [0, 0.05) is 4.75 Å². The number of hydrogen-bond acceptors (Lipinski definition) is 1. The second kappa shape index (κ2) is 3.18. The van der Waals surface area contributed by atoms with Crippen LogP contribution in [0.1, 0.15) is 48.0 Å². The molecule has 0 aromatic heterocycles. The molecule has 1 rings (SSSR count). The molecule has 13 heavy (non-hydrogen) atoms. The van der Waals surface area contributed by atoms with Crippen LogP contribution in [-0.2, 0) is 0 Å². The third kappa shape index (κ3) is 1.44. The first-order chi connectivity index (χ1) is 5.73. The van der Waals surface area contributed by atoms with E-state index in [1.54, 1.807) is 0 Å². The van der Waals surface area contributed by atoms with E-state index in [0.717, 1.165) is 17.8 Å². The summed E-state index contributed by atoms with van der Waals surface area (Å²) in [7, 11) is 0. The SMILES string of the molecule is CC1CC(C)(C(C)C)C(C)(S)C1C. The number of thiol groups is 1. The van der Waals surface area contributed by atoms with Crippen LogP contribution < -0.4 is 0 Å². The molecule has 1 aliphatic rings. The second-order valence-electron chi connectivity index (χ2n) is 5.69. The Balaban J connectivity index is 3.02. The zero-order chi connectivity index (χ0) is 10.4. The van der Waals surface area contributed by atoms with Gasteiger partial charge in [-0.25, -0.2) is 0 Å². The Labute approximate surface area is 88.9 Å². The van der Waals surface area contributed by atoms with Crippen LogP contribution in [-0.4, -0.2) is 4.75 Å². The molecule has 0 aromatic rings. The standard InChI is InChI=1S/C12H24S/c1-8(2)11(5)7-9(3)10(4)12(11,6)13/h8-10,13H,7H2,1-6H3. The molecule has 0 radical (unpaired) electrons. The first-order valence-corrected chi connectivity index (χ1v) is 5.90. The lowest BCUT2D eigenvalue weighted by atomic mass is 9.70. The van der Waals surface area contributed by atoms with Crippen molar-refractivity contribution in [1.29, 1.82) is 0 Å². The summed E-state index contributed by atoms with van der Waals surface area (Å²) >= 11 is 4.92. The van der Waals surface area contributed by atoms with Crippen molar-refractivity contribution in [2.45, 2.75) is 52.7 Å². The van der Waals surface area contributed by atoms with E-state index in [-0.39, 0.29) is 4.75 Å². The highest BCUT2D eigenvalue weighted by Crippen LogP contribution is 2.59. The Morgan fingerprint density at radius 1 is 1.23 bits per heavy atom. The molecule has 1 fully saturated rings. The predicted octanol–water partition coefficient (Wildman–Crippen LogP) is 4.01. The van der Waals surface area contributed by atoms with Gasteiger partial charge in [0.05, 0.1) is 0 Å². The van der Waals surface area contributed by atoms with Crippen LogP contribution in [0.5, 0.6) is 0 Å².